The summed E-state index contributed by atoms with van der Waals surface area (Å²) in [5, 5.41) is 0. The van der Waals surface area contributed by atoms with Crippen molar-refractivity contribution in [1.82, 2.24) is 0 Å². The molecule has 0 unspecified atom stereocenters. The molecular formula is C12H19NO. The summed E-state index contributed by atoms with van der Waals surface area (Å²) in [4.78, 5) is 11.5. The quantitative estimate of drug-likeness (QED) is 0.694. The molecule has 1 saturated carbocycles. The first kappa shape index (κ1) is 11.3. The average molecular weight is 193 g/mol. The van der Waals surface area contributed by atoms with Crippen molar-refractivity contribution >= 4 is 5.78 Å². The highest BCUT2D eigenvalue weighted by Gasteiger charge is 2.31. The van der Waals surface area contributed by atoms with E-state index in [1.807, 2.05) is 0 Å². The molecule has 0 aliphatic heterocycles. The van der Waals surface area contributed by atoms with Gasteiger partial charge in [0.2, 0.25) is 0 Å². The lowest BCUT2D eigenvalue weighted by atomic mass is 9.91. The van der Waals surface area contributed by atoms with Crippen molar-refractivity contribution in [3.63, 3.8) is 0 Å². The summed E-state index contributed by atoms with van der Waals surface area (Å²) in [6, 6.07) is 0. The molecule has 2 N–H and O–H groups in total. The van der Waals surface area contributed by atoms with E-state index in [2.05, 4.69) is 11.8 Å². The Balaban J connectivity index is 2.27. The van der Waals surface area contributed by atoms with Crippen molar-refractivity contribution in [3.8, 4) is 11.8 Å². The minimum absolute atomic E-state index is 0.184. The molecule has 0 aromatic carbocycles. The zero-order valence-corrected chi connectivity index (χ0v) is 8.94. The smallest absolute Gasteiger partial charge is 0.135 e. The van der Waals surface area contributed by atoms with Gasteiger partial charge in [-0.05, 0) is 19.8 Å². The molecule has 78 valence electrons. The molecular weight excluding hydrogens is 174 g/mol. The molecule has 0 heterocycles. The van der Waals surface area contributed by atoms with Crippen LogP contribution in [0, 0.1) is 11.8 Å². The summed E-state index contributed by atoms with van der Waals surface area (Å²) in [7, 11) is 0. The molecule has 1 rings (SSSR count). The fourth-order valence-electron chi connectivity index (χ4n) is 2.06. The minimum Gasteiger partial charge on any atom is -0.325 e. The van der Waals surface area contributed by atoms with Crippen LogP contribution in [0.3, 0.4) is 0 Å². The van der Waals surface area contributed by atoms with Gasteiger partial charge in [0, 0.05) is 24.8 Å². The monoisotopic (exact) mass is 193 g/mol. The largest absolute Gasteiger partial charge is 0.325 e. The lowest BCUT2D eigenvalue weighted by molar-refractivity contribution is -0.120. The number of rotatable bonds is 4. The van der Waals surface area contributed by atoms with Crippen LogP contribution in [0.1, 0.15) is 51.9 Å². The van der Waals surface area contributed by atoms with E-state index in [0.29, 0.717) is 19.3 Å². The van der Waals surface area contributed by atoms with E-state index in [4.69, 9.17) is 5.73 Å². The van der Waals surface area contributed by atoms with E-state index in [-0.39, 0.29) is 11.3 Å². The minimum atomic E-state index is -0.184. The summed E-state index contributed by atoms with van der Waals surface area (Å²) >= 11 is 0. The molecule has 0 amide bonds. The molecule has 0 aromatic rings. The number of hydrogen-bond donors (Lipinski definition) is 1. The van der Waals surface area contributed by atoms with Crippen molar-refractivity contribution < 1.29 is 4.79 Å². The number of Topliss-reactive ketones (excluding diaryl/α,β-unsaturated/α-hetero) is 1. The van der Waals surface area contributed by atoms with E-state index >= 15 is 0 Å². The first-order valence-electron chi connectivity index (χ1n) is 5.36. The first-order chi connectivity index (χ1) is 6.66. The first-order valence-corrected chi connectivity index (χ1v) is 5.36. The van der Waals surface area contributed by atoms with Crippen molar-refractivity contribution in [2.24, 2.45) is 5.73 Å². The fourth-order valence-corrected chi connectivity index (χ4v) is 2.06. The maximum absolute atomic E-state index is 11.5. The molecule has 0 atom stereocenters. The Morgan fingerprint density at radius 3 is 2.64 bits per heavy atom. The van der Waals surface area contributed by atoms with Crippen LogP contribution in [0.15, 0.2) is 0 Å². The molecule has 1 aliphatic rings. The Bertz CT molecular complexity index is 253. The van der Waals surface area contributed by atoms with E-state index in [0.717, 1.165) is 12.8 Å². The third-order valence-corrected chi connectivity index (χ3v) is 2.85. The SMILES string of the molecule is CC#CCCC(=O)CC1(N)CCCC1. The van der Waals surface area contributed by atoms with Crippen molar-refractivity contribution in [3.05, 3.63) is 0 Å². The highest BCUT2D eigenvalue weighted by molar-refractivity contribution is 5.79. The van der Waals surface area contributed by atoms with Gasteiger partial charge in [0.25, 0.3) is 0 Å². The third kappa shape index (κ3) is 3.51. The third-order valence-electron chi connectivity index (χ3n) is 2.85. The van der Waals surface area contributed by atoms with Crippen molar-refractivity contribution in [2.75, 3.05) is 0 Å². The van der Waals surface area contributed by atoms with Gasteiger partial charge in [0.1, 0.15) is 5.78 Å². The van der Waals surface area contributed by atoms with Crippen LogP contribution in [-0.4, -0.2) is 11.3 Å². The Kier molecular flexibility index (Phi) is 4.16. The van der Waals surface area contributed by atoms with Gasteiger partial charge in [0.05, 0.1) is 0 Å². The average Bonchev–Trinajstić information content (AvgIpc) is 2.52. The second-order valence-corrected chi connectivity index (χ2v) is 4.21. The topological polar surface area (TPSA) is 43.1 Å². The number of nitrogens with two attached hydrogens (primary N) is 1. The van der Waals surface area contributed by atoms with Gasteiger partial charge in [-0.15, -0.1) is 11.8 Å². The normalized spacial score (nSPS) is 18.7. The molecule has 0 aromatic heterocycles. The lowest BCUT2D eigenvalue weighted by Gasteiger charge is -2.21. The predicted molar refractivity (Wildman–Crippen MR) is 57.7 cm³/mol. The van der Waals surface area contributed by atoms with Crippen LogP contribution >= 0.6 is 0 Å². The number of hydrogen-bond acceptors (Lipinski definition) is 2. The maximum Gasteiger partial charge on any atom is 0.135 e. The highest BCUT2D eigenvalue weighted by atomic mass is 16.1. The van der Waals surface area contributed by atoms with Gasteiger partial charge in [-0.1, -0.05) is 12.8 Å². The van der Waals surface area contributed by atoms with E-state index < -0.39 is 0 Å². The van der Waals surface area contributed by atoms with Crippen LogP contribution in [0.2, 0.25) is 0 Å². The van der Waals surface area contributed by atoms with Gasteiger partial charge in [0.15, 0.2) is 0 Å². The second kappa shape index (κ2) is 5.17. The Hall–Kier alpha value is -0.810. The van der Waals surface area contributed by atoms with Gasteiger partial charge in [-0.3, -0.25) is 4.79 Å². The number of carbonyl (C=O) groups excluding carboxylic acids is 1. The van der Waals surface area contributed by atoms with Crippen LogP contribution in [0.5, 0.6) is 0 Å². The summed E-state index contributed by atoms with van der Waals surface area (Å²) in [5.41, 5.74) is 5.92. The summed E-state index contributed by atoms with van der Waals surface area (Å²) < 4.78 is 0. The maximum atomic E-state index is 11.5. The van der Waals surface area contributed by atoms with Crippen molar-refractivity contribution in [2.45, 2.75) is 57.4 Å². The molecule has 0 bridgehead atoms. The van der Waals surface area contributed by atoms with E-state index in [1.54, 1.807) is 6.92 Å². The van der Waals surface area contributed by atoms with Crippen LogP contribution in [0.25, 0.3) is 0 Å². The Morgan fingerprint density at radius 1 is 1.43 bits per heavy atom. The molecule has 0 spiro atoms. The molecule has 2 heteroatoms. The molecule has 1 aliphatic carbocycles. The van der Waals surface area contributed by atoms with Gasteiger partial charge in [-0.25, -0.2) is 0 Å². The van der Waals surface area contributed by atoms with Crippen LogP contribution in [-0.2, 0) is 4.79 Å². The van der Waals surface area contributed by atoms with Gasteiger partial charge in [-0.2, -0.15) is 0 Å². The fraction of sp³-hybridized carbons (Fsp3) is 0.750. The van der Waals surface area contributed by atoms with E-state index in [9.17, 15) is 4.79 Å². The number of ketones is 1. The molecule has 0 saturated heterocycles. The van der Waals surface area contributed by atoms with Crippen LogP contribution < -0.4 is 5.73 Å². The Labute approximate surface area is 86.2 Å². The molecule has 0 radical (unpaired) electrons. The summed E-state index contributed by atoms with van der Waals surface area (Å²) in [6.45, 7) is 1.80. The zero-order valence-electron chi connectivity index (χ0n) is 8.94. The van der Waals surface area contributed by atoms with E-state index in [1.165, 1.54) is 12.8 Å². The van der Waals surface area contributed by atoms with Gasteiger partial charge >= 0.3 is 0 Å². The molecule has 1 fully saturated rings. The summed E-state index contributed by atoms with van der Waals surface area (Å²) in [6.07, 6.45) is 6.19. The highest BCUT2D eigenvalue weighted by Crippen LogP contribution is 2.30. The second-order valence-electron chi connectivity index (χ2n) is 4.21. The standard InChI is InChI=1S/C12H19NO/c1-2-3-4-7-11(14)10-12(13)8-5-6-9-12/h4-10,13H2,1H3. The van der Waals surface area contributed by atoms with Crippen molar-refractivity contribution in [1.29, 1.82) is 0 Å². The molecule has 2 nitrogen and oxygen atoms in total. The summed E-state index contributed by atoms with van der Waals surface area (Å²) in [5.74, 6) is 5.97. The predicted octanol–water partition coefficient (Wildman–Crippen LogP) is 2.02. The zero-order chi connectivity index (χ0) is 10.4. The van der Waals surface area contributed by atoms with Crippen LogP contribution in [0.4, 0.5) is 0 Å². The Morgan fingerprint density at radius 2 is 2.07 bits per heavy atom. The van der Waals surface area contributed by atoms with Gasteiger partial charge < -0.3 is 5.73 Å². The number of carbonyl (C=O) groups is 1. The molecule has 14 heavy (non-hydrogen) atoms. The lowest BCUT2D eigenvalue weighted by Crippen LogP contribution is -2.38.